The van der Waals surface area contributed by atoms with E-state index in [-0.39, 0.29) is 23.1 Å². The molecule has 6 heteroatoms. The summed E-state index contributed by atoms with van der Waals surface area (Å²) in [4.78, 5) is 0. The lowest BCUT2D eigenvalue weighted by Gasteiger charge is -2.12. The molecule has 0 N–H and O–H groups in total. The largest absolute Gasteiger partial charge is 0.496 e. The molecule has 1 rings (SSSR count). The Morgan fingerprint density at radius 2 is 1.65 bits per heavy atom. The molecule has 0 radical (unpaired) electrons. The van der Waals surface area contributed by atoms with Crippen molar-refractivity contribution in [1.82, 2.24) is 0 Å². The van der Waals surface area contributed by atoms with E-state index in [2.05, 4.69) is 0 Å². The van der Waals surface area contributed by atoms with Crippen molar-refractivity contribution in [3.63, 3.8) is 0 Å². The fourth-order valence-corrected chi connectivity index (χ4v) is 1.61. The number of allylic oxidation sites excluding steroid dienone is 1. The van der Waals surface area contributed by atoms with Gasteiger partial charge in [-0.15, -0.1) is 0 Å². The minimum atomic E-state index is -4.50. The van der Waals surface area contributed by atoms with Crippen molar-refractivity contribution in [2.45, 2.75) is 6.18 Å². The Kier molecular flexibility index (Phi) is 4.28. The zero-order valence-electron chi connectivity index (χ0n) is 9.14. The molecule has 0 atom stereocenters. The molecule has 0 saturated heterocycles. The van der Waals surface area contributed by atoms with Crippen LogP contribution in [0.5, 0.6) is 11.5 Å². The zero-order chi connectivity index (χ0) is 13.1. The Balaban J connectivity index is 3.33. The minimum absolute atomic E-state index is 0.00503. The molecule has 0 aromatic heterocycles. The highest BCUT2D eigenvalue weighted by Crippen LogP contribution is 2.38. The molecule has 0 aliphatic heterocycles. The Bertz CT molecular complexity index is 405. The van der Waals surface area contributed by atoms with Gasteiger partial charge in [0.05, 0.1) is 24.8 Å². The van der Waals surface area contributed by atoms with Crippen molar-refractivity contribution in [3.05, 3.63) is 29.8 Å². The molecule has 0 spiro atoms. The Morgan fingerprint density at radius 3 is 2.00 bits per heavy atom. The molecule has 0 amide bonds. The van der Waals surface area contributed by atoms with Gasteiger partial charge in [-0.3, -0.25) is 0 Å². The highest BCUT2D eigenvalue weighted by molar-refractivity contribution is 6.49. The molecule has 0 aliphatic carbocycles. The van der Waals surface area contributed by atoms with Crippen LogP contribution in [0.3, 0.4) is 0 Å². The summed E-state index contributed by atoms with van der Waals surface area (Å²) in [7, 11) is 2.69. The molecule has 2 nitrogen and oxygen atoms in total. The van der Waals surface area contributed by atoms with Crippen molar-refractivity contribution >= 4 is 16.6 Å². The van der Waals surface area contributed by atoms with E-state index in [9.17, 15) is 13.2 Å². The third-order valence-electron chi connectivity index (χ3n) is 1.96. The summed E-state index contributed by atoms with van der Waals surface area (Å²) in [5.74, 6) is 0.435. The summed E-state index contributed by atoms with van der Waals surface area (Å²) < 4.78 is 46.6. The number of methoxy groups -OCH3 is 2. The molecule has 0 aliphatic rings. The van der Waals surface area contributed by atoms with Crippen LogP contribution in [-0.4, -0.2) is 20.4 Å². The van der Waals surface area contributed by atoms with Gasteiger partial charge in [-0.25, -0.2) is 0 Å². The fourth-order valence-electron chi connectivity index (χ4n) is 1.30. The third kappa shape index (κ3) is 3.56. The van der Waals surface area contributed by atoms with Gasteiger partial charge in [0, 0.05) is 6.08 Å². The van der Waals surface area contributed by atoms with Crippen molar-refractivity contribution < 1.29 is 22.6 Å². The lowest BCUT2D eigenvalue weighted by Crippen LogP contribution is -2.03. The maximum Gasteiger partial charge on any atom is 0.411 e. The van der Waals surface area contributed by atoms with Crippen LogP contribution in [0.4, 0.5) is 13.2 Å². The topological polar surface area (TPSA) is 18.5 Å². The van der Waals surface area contributed by atoms with Crippen LogP contribution in [-0.2, 0) is 0 Å². The average molecular weight is 267 g/mol. The van der Waals surface area contributed by atoms with Crippen molar-refractivity contribution in [3.8, 4) is 11.5 Å². The number of hydrogen-bond acceptors (Lipinski definition) is 2. The van der Waals surface area contributed by atoms with Gasteiger partial charge in [0.1, 0.15) is 11.5 Å². The van der Waals surface area contributed by atoms with Gasteiger partial charge in [0.2, 0.25) is 0 Å². The lowest BCUT2D eigenvalue weighted by atomic mass is 10.1. The van der Waals surface area contributed by atoms with E-state index in [0.29, 0.717) is 0 Å². The summed E-state index contributed by atoms with van der Waals surface area (Å²) in [5.41, 5.74) is 0.0801. The van der Waals surface area contributed by atoms with Crippen LogP contribution in [0, 0.1) is 0 Å². The standard InChI is InChI=1S/C11H10ClF3O2/c1-16-8-4-3-5-9(17-2)10(8)7(12)6-11(13,14)15/h3-6H,1-2H3/b7-6-. The Labute approximate surface area is 102 Å². The molecular formula is C11H10ClF3O2. The van der Waals surface area contributed by atoms with E-state index >= 15 is 0 Å². The molecule has 94 valence electrons. The number of hydrogen-bond donors (Lipinski definition) is 0. The van der Waals surface area contributed by atoms with Gasteiger partial charge in [-0.1, -0.05) is 17.7 Å². The molecule has 17 heavy (non-hydrogen) atoms. The number of alkyl halides is 3. The van der Waals surface area contributed by atoms with E-state index in [0.717, 1.165) is 0 Å². The predicted octanol–water partition coefficient (Wildman–Crippen LogP) is 3.85. The number of benzene rings is 1. The number of ether oxygens (including phenoxy) is 2. The first-order valence-corrected chi connectivity index (χ1v) is 4.93. The molecule has 0 heterocycles. The summed E-state index contributed by atoms with van der Waals surface area (Å²) >= 11 is 5.64. The van der Waals surface area contributed by atoms with Crippen LogP contribution in [0.1, 0.15) is 5.56 Å². The van der Waals surface area contributed by atoms with Crippen molar-refractivity contribution in [2.75, 3.05) is 14.2 Å². The monoisotopic (exact) mass is 266 g/mol. The van der Waals surface area contributed by atoms with E-state index in [4.69, 9.17) is 21.1 Å². The second kappa shape index (κ2) is 5.31. The predicted molar refractivity (Wildman–Crippen MR) is 59.4 cm³/mol. The Hall–Kier alpha value is -1.36. The molecule has 0 saturated carbocycles. The first-order valence-electron chi connectivity index (χ1n) is 4.55. The SMILES string of the molecule is COc1cccc(OC)c1/C(Cl)=C/C(F)(F)F. The fraction of sp³-hybridized carbons (Fsp3) is 0.273. The van der Waals surface area contributed by atoms with E-state index in [1.165, 1.54) is 26.4 Å². The maximum absolute atomic E-state index is 12.2. The summed E-state index contributed by atoms with van der Waals surface area (Å²) in [6.07, 6.45) is -4.50. The minimum Gasteiger partial charge on any atom is -0.496 e. The van der Waals surface area contributed by atoms with Crippen LogP contribution >= 0.6 is 11.6 Å². The highest BCUT2D eigenvalue weighted by Gasteiger charge is 2.26. The van der Waals surface area contributed by atoms with Crippen molar-refractivity contribution in [1.29, 1.82) is 0 Å². The highest BCUT2D eigenvalue weighted by atomic mass is 35.5. The molecule has 0 unspecified atom stereocenters. The smallest absolute Gasteiger partial charge is 0.411 e. The van der Waals surface area contributed by atoms with E-state index < -0.39 is 11.2 Å². The Morgan fingerprint density at radius 1 is 1.18 bits per heavy atom. The van der Waals surface area contributed by atoms with Gasteiger partial charge >= 0.3 is 6.18 Å². The van der Waals surface area contributed by atoms with Gasteiger partial charge in [-0.2, -0.15) is 13.2 Å². The van der Waals surface area contributed by atoms with Crippen LogP contribution in [0.25, 0.3) is 5.03 Å². The van der Waals surface area contributed by atoms with Crippen LogP contribution in [0.15, 0.2) is 24.3 Å². The van der Waals surface area contributed by atoms with E-state index in [1.54, 1.807) is 6.07 Å². The van der Waals surface area contributed by atoms with E-state index in [1.807, 2.05) is 0 Å². The zero-order valence-corrected chi connectivity index (χ0v) is 9.89. The van der Waals surface area contributed by atoms with Gasteiger partial charge in [0.25, 0.3) is 0 Å². The normalized spacial score (nSPS) is 12.5. The molecule has 0 bridgehead atoms. The average Bonchev–Trinajstić information content (AvgIpc) is 2.25. The quantitative estimate of drug-likeness (QED) is 0.827. The molecular weight excluding hydrogens is 257 g/mol. The van der Waals surface area contributed by atoms with Crippen LogP contribution in [0.2, 0.25) is 0 Å². The third-order valence-corrected chi connectivity index (χ3v) is 2.26. The molecule has 1 aromatic carbocycles. The lowest BCUT2D eigenvalue weighted by molar-refractivity contribution is -0.0791. The molecule has 1 aromatic rings. The summed E-state index contributed by atoms with van der Waals surface area (Å²) in [5, 5.41) is -0.480. The summed E-state index contributed by atoms with van der Waals surface area (Å²) in [6, 6.07) is 4.60. The number of rotatable bonds is 3. The second-order valence-electron chi connectivity index (χ2n) is 3.07. The second-order valence-corrected chi connectivity index (χ2v) is 3.48. The van der Waals surface area contributed by atoms with Gasteiger partial charge < -0.3 is 9.47 Å². The van der Waals surface area contributed by atoms with Crippen LogP contribution < -0.4 is 9.47 Å². The first kappa shape index (κ1) is 13.7. The van der Waals surface area contributed by atoms with Gasteiger partial charge in [0.15, 0.2) is 0 Å². The maximum atomic E-state index is 12.2. The number of halogens is 4. The van der Waals surface area contributed by atoms with Crippen molar-refractivity contribution in [2.24, 2.45) is 0 Å². The first-order chi connectivity index (χ1) is 7.89. The molecule has 0 fully saturated rings. The summed E-state index contributed by atoms with van der Waals surface area (Å²) in [6.45, 7) is 0. The van der Waals surface area contributed by atoms with Gasteiger partial charge in [-0.05, 0) is 12.1 Å².